The van der Waals surface area contributed by atoms with Crippen molar-refractivity contribution in [1.29, 1.82) is 0 Å². The molecule has 0 radical (unpaired) electrons. The molecule has 0 aliphatic carbocycles. The zero-order valence-corrected chi connectivity index (χ0v) is 16.2. The molecule has 4 aromatic rings. The highest BCUT2D eigenvalue weighted by Gasteiger charge is 2.09. The molecule has 0 aliphatic rings. The molecule has 1 heterocycles. The number of nitrogens with one attached hydrogen (secondary N) is 2. The van der Waals surface area contributed by atoms with Gasteiger partial charge in [-0.15, -0.1) is 5.10 Å². The topological polar surface area (TPSA) is 79.9 Å². The number of H-pyrrole nitrogens is 1. The summed E-state index contributed by atoms with van der Waals surface area (Å²) in [5.41, 5.74) is 1.66. The first kappa shape index (κ1) is 18.8. The van der Waals surface area contributed by atoms with Crippen molar-refractivity contribution in [2.75, 3.05) is 11.1 Å². The van der Waals surface area contributed by atoms with Crippen LogP contribution in [-0.4, -0.2) is 26.8 Å². The summed E-state index contributed by atoms with van der Waals surface area (Å²) in [4.78, 5) is 16.6. The summed E-state index contributed by atoms with van der Waals surface area (Å²) in [5.74, 6) is 2.24. The number of hydrogen-bond acceptors (Lipinski definition) is 5. The number of hydrogen-bond donors (Lipinski definition) is 2. The van der Waals surface area contributed by atoms with Gasteiger partial charge in [0.2, 0.25) is 11.1 Å². The Balaban J connectivity index is 1.28. The van der Waals surface area contributed by atoms with Gasteiger partial charge in [0.1, 0.15) is 11.5 Å². The molecule has 144 valence electrons. The van der Waals surface area contributed by atoms with Gasteiger partial charge in [0.15, 0.2) is 5.82 Å². The average Bonchev–Trinajstić information content (AvgIpc) is 3.24. The second-order valence-electron chi connectivity index (χ2n) is 6.11. The van der Waals surface area contributed by atoms with Crippen molar-refractivity contribution in [3.63, 3.8) is 0 Å². The third kappa shape index (κ3) is 5.24. The van der Waals surface area contributed by atoms with Crippen LogP contribution in [0, 0.1) is 0 Å². The van der Waals surface area contributed by atoms with Gasteiger partial charge >= 0.3 is 0 Å². The first-order valence-electron chi connectivity index (χ1n) is 9.00. The van der Waals surface area contributed by atoms with Gasteiger partial charge in [-0.1, -0.05) is 60.3 Å². The van der Waals surface area contributed by atoms with Gasteiger partial charge in [-0.3, -0.25) is 9.89 Å². The molecule has 4 rings (SSSR count). The smallest absolute Gasteiger partial charge is 0.234 e. The number of thioether (sulfide) groups is 1. The van der Waals surface area contributed by atoms with E-state index in [0.29, 0.717) is 22.4 Å². The molecule has 0 saturated carbocycles. The second kappa shape index (κ2) is 9.07. The molecular formula is C22H18N4O2S. The van der Waals surface area contributed by atoms with Gasteiger partial charge < -0.3 is 10.1 Å². The van der Waals surface area contributed by atoms with Gasteiger partial charge in [-0.25, -0.2) is 4.98 Å². The quantitative estimate of drug-likeness (QED) is 0.426. The summed E-state index contributed by atoms with van der Waals surface area (Å²) in [7, 11) is 0. The Hall–Kier alpha value is -3.58. The van der Waals surface area contributed by atoms with Crippen molar-refractivity contribution >= 4 is 23.4 Å². The van der Waals surface area contributed by atoms with Crippen LogP contribution in [0.3, 0.4) is 0 Å². The van der Waals surface area contributed by atoms with Gasteiger partial charge in [0.05, 0.1) is 5.75 Å². The van der Waals surface area contributed by atoms with Crippen LogP contribution in [0.1, 0.15) is 0 Å². The molecule has 29 heavy (non-hydrogen) atoms. The zero-order valence-electron chi connectivity index (χ0n) is 15.4. The van der Waals surface area contributed by atoms with Crippen LogP contribution in [0.4, 0.5) is 5.69 Å². The van der Waals surface area contributed by atoms with E-state index in [1.807, 2.05) is 72.8 Å². The molecule has 0 fully saturated rings. The van der Waals surface area contributed by atoms with Crippen molar-refractivity contribution < 1.29 is 9.53 Å². The Kier molecular flexibility index (Phi) is 5.87. The maximum Gasteiger partial charge on any atom is 0.234 e. The fourth-order valence-corrected chi connectivity index (χ4v) is 3.19. The first-order chi connectivity index (χ1) is 14.3. The number of anilines is 1. The number of aromatic nitrogens is 3. The molecule has 0 spiro atoms. The summed E-state index contributed by atoms with van der Waals surface area (Å²) in [5, 5.41) is 10.4. The third-order valence-electron chi connectivity index (χ3n) is 3.96. The molecule has 2 N–H and O–H groups in total. The molecule has 7 heteroatoms. The van der Waals surface area contributed by atoms with Crippen molar-refractivity contribution in [2.45, 2.75) is 5.16 Å². The molecule has 3 aromatic carbocycles. The fraction of sp³-hybridized carbons (Fsp3) is 0.0455. The molecular weight excluding hydrogens is 384 g/mol. The van der Waals surface area contributed by atoms with Crippen LogP contribution in [0.2, 0.25) is 0 Å². The van der Waals surface area contributed by atoms with Crippen molar-refractivity contribution in [3.05, 3.63) is 84.9 Å². The highest BCUT2D eigenvalue weighted by Crippen LogP contribution is 2.23. The summed E-state index contributed by atoms with van der Waals surface area (Å²) in [6, 6.07) is 26.5. The van der Waals surface area contributed by atoms with E-state index in [4.69, 9.17) is 4.74 Å². The minimum Gasteiger partial charge on any atom is -0.457 e. The predicted molar refractivity (Wildman–Crippen MR) is 114 cm³/mol. The SMILES string of the molecule is O=C(CSc1n[nH]c(-c2ccccc2)n1)Nc1ccc(Oc2ccccc2)cc1. The molecule has 0 aliphatic heterocycles. The lowest BCUT2D eigenvalue weighted by Gasteiger charge is -2.07. The summed E-state index contributed by atoms with van der Waals surface area (Å²) in [6.07, 6.45) is 0. The van der Waals surface area contributed by atoms with Crippen molar-refractivity contribution in [1.82, 2.24) is 15.2 Å². The number of benzene rings is 3. The summed E-state index contributed by atoms with van der Waals surface area (Å²) >= 11 is 1.28. The normalized spacial score (nSPS) is 10.5. The van der Waals surface area contributed by atoms with E-state index in [0.717, 1.165) is 11.3 Å². The summed E-state index contributed by atoms with van der Waals surface area (Å²) < 4.78 is 5.75. The summed E-state index contributed by atoms with van der Waals surface area (Å²) in [6.45, 7) is 0. The van der Waals surface area contributed by atoms with E-state index in [1.165, 1.54) is 11.8 Å². The first-order valence-corrected chi connectivity index (χ1v) is 9.98. The van der Waals surface area contributed by atoms with Crippen LogP contribution in [0.5, 0.6) is 11.5 Å². The zero-order chi connectivity index (χ0) is 19.9. The fourth-order valence-electron chi connectivity index (χ4n) is 2.59. The van der Waals surface area contributed by atoms with Gasteiger partial charge in [0.25, 0.3) is 0 Å². The lowest BCUT2D eigenvalue weighted by molar-refractivity contribution is -0.113. The van der Waals surface area contributed by atoms with Crippen LogP contribution < -0.4 is 10.1 Å². The minimum absolute atomic E-state index is 0.127. The monoisotopic (exact) mass is 402 g/mol. The Morgan fingerprint density at radius 3 is 2.28 bits per heavy atom. The highest BCUT2D eigenvalue weighted by atomic mass is 32.2. The van der Waals surface area contributed by atoms with Crippen molar-refractivity contribution in [2.24, 2.45) is 0 Å². The molecule has 0 saturated heterocycles. The van der Waals surface area contributed by atoms with E-state index >= 15 is 0 Å². The number of rotatable bonds is 7. The number of nitrogens with zero attached hydrogens (tertiary/aromatic N) is 2. The number of aromatic amines is 1. The Labute approximate surface area is 172 Å². The number of carbonyl (C=O) groups is 1. The van der Waals surface area contributed by atoms with E-state index in [9.17, 15) is 4.79 Å². The van der Waals surface area contributed by atoms with Crippen LogP contribution in [0.25, 0.3) is 11.4 Å². The van der Waals surface area contributed by atoms with Gasteiger partial charge in [-0.2, -0.15) is 0 Å². The molecule has 6 nitrogen and oxygen atoms in total. The van der Waals surface area contributed by atoms with E-state index < -0.39 is 0 Å². The van der Waals surface area contributed by atoms with Crippen LogP contribution in [-0.2, 0) is 4.79 Å². The lowest BCUT2D eigenvalue weighted by Crippen LogP contribution is -2.14. The number of carbonyl (C=O) groups excluding carboxylic acids is 1. The third-order valence-corrected chi connectivity index (χ3v) is 4.81. The molecule has 0 atom stereocenters. The largest absolute Gasteiger partial charge is 0.457 e. The number of ether oxygens (including phenoxy) is 1. The van der Waals surface area contributed by atoms with Gasteiger partial charge in [-0.05, 0) is 36.4 Å². The average molecular weight is 402 g/mol. The maximum absolute atomic E-state index is 12.2. The van der Waals surface area contributed by atoms with Crippen LogP contribution >= 0.6 is 11.8 Å². The van der Waals surface area contributed by atoms with E-state index in [1.54, 1.807) is 12.1 Å². The highest BCUT2D eigenvalue weighted by molar-refractivity contribution is 7.99. The minimum atomic E-state index is -0.127. The molecule has 0 unspecified atom stereocenters. The standard InChI is InChI=1S/C22H18N4O2S/c27-20(15-29-22-24-21(25-26-22)16-7-3-1-4-8-16)23-17-11-13-19(14-12-17)28-18-9-5-2-6-10-18/h1-14H,15H2,(H,23,27)(H,24,25,26). The predicted octanol–water partition coefficient (Wildman–Crippen LogP) is 4.99. The van der Waals surface area contributed by atoms with E-state index in [-0.39, 0.29) is 11.7 Å². The van der Waals surface area contributed by atoms with Gasteiger partial charge in [0, 0.05) is 11.3 Å². The van der Waals surface area contributed by atoms with Crippen LogP contribution in [0.15, 0.2) is 90.1 Å². The second-order valence-corrected chi connectivity index (χ2v) is 7.05. The lowest BCUT2D eigenvalue weighted by atomic mass is 10.2. The maximum atomic E-state index is 12.2. The number of amides is 1. The van der Waals surface area contributed by atoms with E-state index in [2.05, 4.69) is 20.5 Å². The Bertz CT molecular complexity index is 1070. The molecule has 1 aromatic heterocycles. The Morgan fingerprint density at radius 2 is 1.55 bits per heavy atom. The van der Waals surface area contributed by atoms with Crippen molar-refractivity contribution in [3.8, 4) is 22.9 Å². The molecule has 0 bridgehead atoms. The molecule has 1 amide bonds. The Morgan fingerprint density at radius 1 is 0.897 bits per heavy atom. The number of para-hydroxylation sites is 1.